The van der Waals surface area contributed by atoms with Crippen molar-refractivity contribution in [3.63, 3.8) is 0 Å². The predicted molar refractivity (Wildman–Crippen MR) is 121 cm³/mol. The van der Waals surface area contributed by atoms with Crippen molar-refractivity contribution < 1.29 is 17.9 Å². The summed E-state index contributed by atoms with van der Waals surface area (Å²) in [5, 5.41) is 3.02. The zero-order valence-corrected chi connectivity index (χ0v) is 18.7. The molecule has 9 heteroatoms. The van der Waals surface area contributed by atoms with E-state index in [0.29, 0.717) is 24.7 Å². The van der Waals surface area contributed by atoms with Crippen LogP contribution in [0.5, 0.6) is 11.5 Å². The molecule has 0 spiro atoms. The van der Waals surface area contributed by atoms with Gasteiger partial charge in [0.05, 0.1) is 25.5 Å². The largest absolute Gasteiger partial charge is 0.490 e. The van der Waals surface area contributed by atoms with Crippen LogP contribution in [0.3, 0.4) is 0 Å². The lowest BCUT2D eigenvalue weighted by atomic mass is 10.1. The summed E-state index contributed by atoms with van der Waals surface area (Å²) in [5.41, 5.74) is 8.28. The fraction of sp³-hybridized carbons (Fsp3) is 0.316. The van der Waals surface area contributed by atoms with Gasteiger partial charge >= 0.3 is 0 Å². The first-order chi connectivity index (χ1) is 12.9. The highest BCUT2D eigenvalue weighted by Gasteiger charge is 2.11. The fourth-order valence-electron chi connectivity index (χ4n) is 2.73. The molecular weight excluding hydrogens is 493 g/mol. The van der Waals surface area contributed by atoms with Gasteiger partial charge in [-0.15, -0.1) is 24.0 Å². The molecule has 0 amide bonds. The fourth-order valence-corrected chi connectivity index (χ4v) is 3.58. The summed E-state index contributed by atoms with van der Waals surface area (Å²) in [6.45, 7) is 1.53. The average Bonchev–Trinajstić information content (AvgIpc) is 2.84. The van der Waals surface area contributed by atoms with Gasteiger partial charge in [0, 0.05) is 24.4 Å². The lowest BCUT2D eigenvalue weighted by Gasteiger charge is -2.11. The van der Waals surface area contributed by atoms with Gasteiger partial charge in [-0.3, -0.25) is 0 Å². The minimum absolute atomic E-state index is 0. The molecule has 0 atom stereocenters. The molecule has 0 bridgehead atoms. The molecule has 3 rings (SSSR count). The van der Waals surface area contributed by atoms with Crippen molar-refractivity contribution in [1.82, 2.24) is 0 Å². The van der Waals surface area contributed by atoms with E-state index in [1.54, 1.807) is 6.07 Å². The molecule has 0 saturated heterocycles. The number of fused-ring (bicyclic) bond motifs is 1. The Morgan fingerprint density at radius 2 is 1.79 bits per heavy atom. The molecule has 0 radical (unpaired) electrons. The number of nitrogens with two attached hydrogens (primary N) is 1. The Morgan fingerprint density at radius 1 is 1.11 bits per heavy atom. The average molecular weight is 517 g/mol. The minimum atomic E-state index is -3.12. The Balaban J connectivity index is 0.00000280. The maximum absolute atomic E-state index is 11.6. The number of hydrogen-bond donors (Lipinski definition) is 2. The summed E-state index contributed by atoms with van der Waals surface area (Å²) >= 11 is 0. The van der Waals surface area contributed by atoms with Crippen LogP contribution >= 0.6 is 24.0 Å². The van der Waals surface area contributed by atoms with Gasteiger partial charge in [0.25, 0.3) is 0 Å². The van der Waals surface area contributed by atoms with Gasteiger partial charge in [-0.1, -0.05) is 24.3 Å². The smallest absolute Gasteiger partial charge is 0.193 e. The lowest BCUT2D eigenvalue weighted by molar-refractivity contribution is 0.297. The van der Waals surface area contributed by atoms with Crippen molar-refractivity contribution in [2.24, 2.45) is 10.7 Å². The highest BCUT2D eigenvalue weighted by Crippen LogP contribution is 2.32. The Labute approximate surface area is 182 Å². The molecule has 152 valence electrons. The first kappa shape index (κ1) is 22.3. The number of nitrogens with zero attached hydrogens (tertiary/aromatic N) is 1. The second-order valence-corrected chi connectivity index (χ2v) is 8.52. The predicted octanol–water partition coefficient (Wildman–Crippen LogP) is 2.94. The Hall–Kier alpha value is -2.01. The molecule has 1 aliphatic rings. The SMILES string of the molecule is CS(=O)(=O)Cc1ccccc1CN=C(N)Nc1ccc2c(c1)OCCCO2.I. The molecule has 7 nitrogen and oxygen atoms in total. The van der Waals surface area contributed by atoms with Crippen LogP contribution in [0.1, 0.15) is 17.5 Å². The van der Waals surface area contributed by atoms with Crippen molar-refractivity contribution in [3.8, 4) is 11.5 Å². The number of hydrogen-bond acceptors (Lipinski definition) is 5. The molecule has 0 aromatic heterocycles. The summed E-state index contributed by atoms with van der Waals surface area (Å²) in [6, 6.07) is 12.8. The lowest BCUT2D eigenvalue weighted by Crippen LogP contribution is -2.22. The van der Waals surface area contributed by atoms with Crippen LogP contribution in [0.25, 0.3) is 0 Å². The van der Waals surface area contributed by atoms with Crippen LogP contribution in [-0.4, -0.2) is 33.8 Å². The minimum Gasteiger partial charge on any atom is -0.490 e. The quantitative estimate of drug-likeness (QED) is 0.359. The van der Waals surface area contributed by atoms with Crippen LogP contribution in [0.4, 0.5) is 5.69 Å². The van der Waals surface area contributed by atoms with E-state index in [9.17, 15) is 8.42 Å². The number of rotatable bonds is 5. The second-order valence-electron chi connectivity index (χ2n) is 6.38. The zero-order valence-electron chi connectivity index (χ0n) is 15.6. The second kappa shape index (κ2) is 9.97. The topological polar surface area (TPSA) is 103 Å². The third-order valence-corrected chi connectivity index (χ3v) is 4.81. The maximum Gasteiger partial charge on any atom is 0.193 e. The Morgan fingerprint density at radius 3 is 2.50 bits per heavy atom. The van der Waals surface area contributed by atoms with Gasteiger partial charge in [0.15, 0.2) is 27.3 Å². The molecular formula is C19H24IN3O4S. The summed E-state index contributed by atoms with van der Waals surface area (Å²) in [5.74, 6) is 1.60. The zero-order chi connectivity index (χ0) is 19.3. The van der Waals surface area contributed by atoms with Crippen molar-refractivity contribution in [2.75, 3.05) is 24.8 Å². The van der Waals surface area contributed by atoms with E-state index >= 15 is 0 Å². The molecule has 0 fully saturated rings. The number of sulfone groups is 1. The molecule has 0 saturated carbocycles. The molecule has 1 heterocycles. The van der Waals surface area contributed by atoms with Crippen molar-refractivity contribution in [1.29, 1.82) is 0 Å². The van der Waals surface area contributed by atoms with Crippen molar-refractivity contribution in [3.05, 3.63) is 53.6 Å². The van der Waals surface area contributed by atoms with Crippen LogP contribution < -0.4 is 20.5 Å². The number of ether oxygens (including phenoxy) is 2. The summed E-state index contributed by atoms with van der Waals surface area (Å²) < 4.78 is 34.4. The third kappa shape index (κ3) is 6.55. The van der Waals surface area contributed by atoms with Gasteiger partial charge in [-0.25, -0.2) is 13.4 Å². The van der Waals surface area contributed by atoms with Gasteiger partial charge < -0.3 is 20.5 Å². The number of halogens is 1. The van der Waals surface area contributed by atoms with Crippen LogP contribution in [0.2, 0.25) is 0 Å². The van der Waals surface area contributed by atoms with E-state index in [1.807, 2.05) is 36.4 Å². The monoisotopic (exact) mass is 517 g/mol. The maximum atomic E-state index is 11.6. The molecule has 0 unspecified atom stereocenters. The van der Waals surface area contributed by atoms with E-state index in [4.69, 9.17) is 15.2 Å². The highest BCUT2D eigenvalue weighted by molar-refractivity contribution is 14.0. The van der Waals surface area contributed by atoms with Crippen molar-refractivity contribution in [2.45, 2.75) is 18.7 Å². The molecule has 3 N–H and O–H groups in total. The standard InChI is InChI=1S/C19H23N3O4S.HI/c1-27(23,24)13-15-6-3-2-5-14(15)12-21-19(20)22-16-7-8-17-18(11-16)26-10-4-9-25-17;/h2-3,5-8,11H,4,9-10,12-13H2,1H3,(H3,20,21,22);1H. The normalized spacial score (nSPS) is 14.0. The number of aliphatic imine (C=N–C) groups is 1. The van der Waals surface area contributed by atoms with E-state index < -0.39 is 9.84 Å². The van der Waals surface area contributed by atoms with E-state index in [1.165, 1.54) is 6.26 Å². The van der Waals surface area contributed by atoms with Crippen LogP contribution in [-0.2, 0) is 22.1 Å². The Bertz CT molecular complexity index is 948. The number of anilines is 1. The number of guanidine groups is 1. The molecule has 1 aliphatic heterocycles. The van der Waals surface area contributed by atoms with Crippen LogP contribution in [0, 0.1) is 0 Å². The van der Waals surface area contributed by atoms with E-state index in [-0.39, 0.29) is 42.2 Å². The van der Waals surface area contributed by atoms with Crippen molar-refractivity contribution >= 4 is 45.5 Å². The molecule has 0 aliphatic carbocycles. The number of benzene rings is 2. The summed E-state index contributed by atoms with van der Waals surface area (Å²) in [6.07, 6.45) is 2.06. The van der Waals surface area contributed by atoms with E-state index in [2.05, 4.69) is 10.3 Å². The molecule has 2 aromatic rings. The summed E-state index contributed by atoms with van der Waals surface area (Å²) in [7, 11) is -3.12. The van der Waals surface area contributed by atoms with Gasteiger partial charge in [-0.2, -0.15) is 0 Å². The number of nitrogens with one attached hydrogen (secondary N) is 1. The first-order valence-electron chi connectivity index (χ1n) is 8.62. The Kier molecular flexibility index (Phi) is 7.93. The van der Waals surface area contributed by atoms with Gasteiger partial charge in [0.2, 0.25) is 0 Å². The summed E-state index contributed by atoms with van der Waals surface area (Å²) in [4.78, 5) is 4.33. The van der Waals surface area contributed by atoms with Crippen LogP contribution in [0.15, 0.2) is 47.5 Å². The molecule has 28 heavy (non-hydrogen) atoms. The highest BCUT2D eigenvalue weighted by atomic mass is 127. The van der Waals surface area contributed by atoms with E-state index in [0.717, 1.165) is 23.2 Å². The van der Waals surface area contributed by atoms with Gasteiger partial charge in [0.1, 0.15) is 0 Å². The third-order valence-electron chi connectivity index (χ3n) is 3.98. The van der Waals surface area contributed by atoms with Gasteiger partial charge in [-0.05, 0) is 23.3 Å². The molecule has 2 aromatic carbocycles. The first-order valence-corrected chi connectivity index (χ1v) is 10.7.